The first-order chi connectivity index (χ1) is 9.60. The molecule has 2 nitrogen and oxygen atoms in total. The highest BCUT2D eigenvalue weighted by molar-refractivity contribution is 5.55. The highest BCUT2D eigenvalue weighted by atomic mass is 15.1. The predicted octanol–water partition coefficient (Wildman–Crippen LogP) is 4.49. The van der Waals surface area contributed by atoms with Gasteiger partial charge in [-0.25, -0.2) is 0 Å². The fraction of sp³-hybridized carbons (Fsp3) is 0.333. The Kier molecular flexibility index (Phi) is 4.67. The molecule has 0 aliphatic heterocycles. The normalized spacial score (nSPS) is 12.0. The van der Waals surface area contributed by atoms with Crippen molar-refractivity contribution in [1.29, 1.82) is 0 Å². The number of rotatable bonds is 5. The minimum Gasteiger partial charge on any atom is -0.379 e. The Morgan fingerprint density at radius 3 is 2.05 bits per heavy atom. The van der Waals surface area contributed by atoms with E-state index in [-0.39, 0.29) is 0 Å². The molecule has 1 unspecified atom stereocenters. The monoisotopic (exact) mass is 268 g/mol. The van der Waals surface area contributed by atoms with Crippen LogP contribution < -0.4 is 10.2 Å². The molecular formula is C18H24N2. The van der Waals surface area contributed by atoms with Gasteiger partial charge in [-0.3, -0.25) is 0 Å². The van der Waals surface area contributed by atoms with Crippen LogP contribution in [0.4, 0.5) is 11.4 Å². The summed E-state index contributed by atoms with van der Waals surface area (Å²) in [5.41, 5.74) is 5.08. The lowest BCUT2D eigenvalue weighted by Gasteiger charge is -2.18. The van der Waals surface area contributed by atoms with Crippen molar-refractivity contribution in [1.82, 2.24) is 0 Å². The molecule has 106 valence electrons. The summed E-state index contributed by atoms with van der Waals surface area (Å²) in [6.07, 6.45) is 1.09. The van der Waals surface area contributed by atoms with Crippen molar-refractivity contribution in [3.05, 3.63) is 59.7 Å². The average molecular weight is 268 g/mol. The third-order valence-corrected chi connectivity index (χ3v) is 3.65. The van der Waals surface area contributed by atoms with Crippen LogP contribution in [0.5, 0.6) is 0 Å². The summed E-state index contributed by atoms with van der Waals surface area (Å²) in [4.78, 5) is 2.11. The van der Waals surface area contributed by atoms with Crippen LogP contribution >= 0.6 is 0 Å². The zero-order valence-corrected chi connectivity index (χ0v) is 12.9. The van der Waals surface area contributed by atoms with Gasteiger partial charge in [-0.2, -0.15) is 0 Å². The second kappa shape index (κ2) is 6.47. The van der Waals surface area contributed by atoms with Gasteiger partial charge >= 0.3 is 0 Å². The van der Waals surface area contributed by atoms with Gasteiger partial charge in [-0.05, 0) is 48.7 Å². The standard InChI is InChI=1S/C18H24N2/c1-5-15-6-8-16(9-7-15)14(2)19-17-10-12-18(13-11-17)20(3)4/h6-14,19H,5H2,1-4H3. The molecule has 0 aliphatic carbocycles. The molecule has 0 saturated heterocycles. The van der Waals surface area contributed by atoms with Crippen LogP contribution in [0.1, 0.15) is 31.0 Å². The maximum absolute atomic E-state index is 3.54. The van der Waals surface area contributed by atoms with E-state index >= 15 is 0 Å². The van der Waals surface area contributed by atoms with Crippen LogP contribution in [0.3, 0.4) is 0 Å². The van der Waals surface area contributed by atoms with Gasteiger partial charge in [-0.1, -0.05) is 31.2 Å². The van der Waals surface area contributed by atoms with E-state index in [1.54, 1.807) is 0 Å². The topological polar surface area (TPSA) is 15.3 Å². The van der Waals surface area contributed by atoms with E-state index < -0.39 is 0 Å². The lowest BCUT2D eigenvalue weighted by molar-refractivity contribution is 0.882. The summed E-state index contributed by atoms with van der Waals surface area (Å²) in [5, 5.41) is 3.54. The summed E-state index contributed by atoms with van der Waals surface area (Å²) in [5.74, 6) is 0. The second-order valence-corrected chi connectivity index (χ2v) is 5.40. The first-order valence-electron chi connectivity index (χ1n) is 7.23. The maximum Gasteiger partial charge on any atom is 0.0485 e. The Hall–Kier alpha value is -1.96. The minimum absolute atomic E-state index is 0.311. The fourth-order valence-corrected chi connectivity index (χ4v) is 2.23. The molecule has 20 heavy (non-hydrogen) atoms. The molecule has 0 amide bonds. The van der Waals surface area contributed by atoms with Gasteiger partial charge in [0.25, 0.3) is 0 Å². The molecule has 0 fully saturated rings. The molecule has 1 atom stereocenters. The van der Waals surface area contributed by atoms with Crippen LogP contribution in [0.2, 0.25) is 0 Å². The van der Waals surface area contributed by atoms with E-state index in [0.29, 0.717) is 6.04 Å². The minimum atomic E-state index is 0.311. The highest BCUT2D eigenvalue weighted by Crippen LogP contribution is 2.22. The quantitative estimate of drug-likeness (QED) is 0.859. The van der Waals surface area contributed by atoms with Crippen LogP contribution in [0, 0.1) is 0 Å². The molecular weight excluding hydrogens is 244 g/mol. The highest BCUT2D eigenvalue weighted by Gasteiger charge is 2.05. The van der Waals surface area contributed by atoms with Crippen molar-refractivity contribution < 1.29 is 0 Å². The predicted molar refractivity (Wildman–Crippen MR) is 88.6 cm³/mol. The van der Waals surface area contributed by atoms with Gasteiger partial charge in [0.15, 0.2) is 0 Å². The molecule has 0 radical (unpaired) electrons. The number of hydrogen-bond donors (Lipinski definition) is 1. The number of aryl methyl sites for hydroxylation is 1. The number of nitrogens with zero attached hydrogens (tertiary/aromatic N) is 1. The number of benzene rings is 2. The van der Waals surface area contributed by atoms with Crippen LogP contribution in [-0.2, 0) is 6.42 Å². The van der Waals surface area contributed by atoms with E-state index in [4.69, 9.17) is 0 Å². The van der Waals surface area contributed by atoms with Crippen molar-refractivity contribution in [2.24, 2.45) is 0 Å². The molecule has 2 aromatic rings. The van der Waals surface area contributed by atoms with Gasteiger partial charge in [0, 0.05) is 31.5 Å². The van der Waals surface area contributed by atoms with Gasteiger partial charge < -0.3 is 10.2 Å². The maximum atomic E-state index is 3.54. The second-order valence-electron chi connectivity index (χ2n) is 5.40. The Bertz CT molecular complexity index is 526. The summed E-state index contributed by atoms with van der Waals surface area (Å²) in [6.45, 7) is 4.38. The van der Waals surface area contributed by atoms with E-state index in [2.05, 4.69) is 86.7 Å². The number of anilines is 2. The largest absolute Gasteiger partial charge is 0.379 e. The smallest absolute Gasteiger partial charge is 0.0485 e. The van der Waals surface area contributed by atoms with E-state index in [1.165, 1.54) is 16.8 Å². The Labute approximate surface area is 122 Å². The van der Waals surface area contributed by atoms with Crippen molar-refractivity contribution in [2.75, 3.05) is 24.3 Å². The van der Waals surface area contributed by atoms with Crippen LogP contribution in [0.15, 0.2) is 48.5 Å². The summed E-state index contributed by atoms with van der Waals surface area (Å²) in [7, 11) is 4.11. The third-order valence-electron chi connectivity index (χ3n) is 3.65. The van der Waals surface area contributed by atoms with E-state index in [9.17, 15) is 0 Å². The molecule has 0 saturated carbocycles. The average Bonchev–Trinajstić information content (AvgIpc) is 2.48. The number of hydrogen-bond acceptors (Lipinski definition) is 2. The van der Waals surface area contributed by atoms with Gasteiger partial charge in [0.1, 0.15) is 0 Å². The van der Waals surface area contributed by atoms with Crippen molar-refractivity contribution in [3.8, 4) is 0 Å². The molecule has 0 spiro atoms. The van der Waals surface area contributed by atoms with Gasteiger partial charge in [-0.15, -0.1) is 0 Å². The fourth-order valence-electron chi connectivity index (χ4n) is 2.23. The molecule has 0 bridgehead atoms. The molecule has 2 aromatic carbocycles. The summed E-state index contributed by atoms with van der Waals surface area (Å²) in [6, 6.07) is 17.7. The van der Waals surface area contributed by atoms with Crippen molar-refractivity contribution >= 4 is 11.4 Å². The lowest BCUT2D eigenvalue weighted by Crippen LogP contribution is -2.09. The molecule has 2 heteroatoms. The first-order valence-corrected chi connectivity index (χ1v) is 7.23. The zero-order valence-electron chi connectivity index (χ0n) is 12.9. The third kappa shape index (κ3) is 3.53. The Morgan fingerprint density at radius 2 is 1.55 bits per heavy atom. The molecule has 0 heterocycles. The van der Waals surface area contributed by atoms with Crippen LogP contribution in [-0.4, -0.2) is 14.1 Å². The van der Waals surface area contributed by atoms with Gasteiger partial charge in [0.05, 0.1) is 0 Å². The Balaban J connectivity index is 2.04. The van der Waals surface area contributed by atoms with Gasteiger partial charge in [0.2, 0.25) is 0 Å². The summed E-state index contributed by atoms with van der Waals surface area (Å²) < 4.78 is 0. The van der Waals surface area contributed by atoms with Crippen molar-refractivity contribution in [3.63, 3.8) is 0 Å². The van der Waals surface area contributed by atoms with E-state index in [0.717, 1.165) is 12.1 Å². The molecule has 1 N–H and O–H groups in total. The van der Waals surface area contributed by atoms with Crippen LogP contribution in [0.25, 0.3) is 0 Å². The summed E-state index contributed by atoms with van der Waals surface area (Å²) >= 11 is 0. The molecule has 0 aromatic heterocycles. The van der Waals surface area contributed by atoms with Crippen molar-refractivity contribution in [2.45, 2.75) is 26.3 Å². The zero-order chi connectivity index (χ0) is 14.5. The number of nitrogens with one attached hydrogen (secondary N) is 1. The SMILES string of the molecule is CCc1ccc(C(C)Nc2ccc(N(C)C)cc2)cc1. The molecule has 2 rings (SSSR count). The van der Waals surface area contributed by atoms with E-state index in [1.807, 2.05) is 0 Å². The lowest BCUT2D eigenvalue weighted by atomic mass is 10.0. The molecule has 0 aliphatic rings. The first kappa shape index (κ1) is 14.4. The Morgan fingerprint density at radius 1 is 0.950 bits per heavy atom.